The number of hydrogen-bond acceptors (Lipinski definition) is 6. The molecule has 0 saturated carbocycles. The molecule has 1 fully saturated rings. The topological polar surface area (TPSA) is 90.7 Å². The van der Waals surface area contributed by atoms with Crippen molar-refractivity contribution in [2.45, 2.75) is 19.8 Å². The smallest absolute Gasteiger partial charge is 0.345 e. The average Bonchev–Trinajstić information content (AvgIpc) is 2.53. The monoisotopic (exact) mass is 308 g/mol. The van der Waals surface area contributed by atoms with Crippen LogP contribution < -0.4 is 5.32 Å². The minimum absolute atomic E-state index is 0.0308. The van der Waals surface area contributed by atoms with Gasteiger partial charge in [0, 0.05) is 24.9 Å². The molecule has 0 aromatic heterocycles. The van der Waals surface area contributed by atoms with Crippen molar-refractivity contribution in [1.82, 2.24) is 0 Å². The number of benzene rings is 1. The summed E-state index contributed by atoms with van der Waals surface area (Å²) in [5.41, 5.74) is 0.390. The minimum atomic E-state index is -0.682. The second-order valence-corrected chi connectivity index (χ2v) is 5.17. The van der Waals surface area contributed by atoms with Crippen LogP contribution in [0.1, 0.15) is 30.1 Å². The van der Waals surface area contributed by atoms with E-state index in [0.29, 0.717) is 24.8 Å². The first-order valence-corrected chi connectivity index (χ1v) is 7.39. The summed E-state index contributed by atoms with van der Waals surface area (Å²) in [5, 5.41) is 14.2. The van der Waals surface area contributed by atoms with Crippen LogP contribution in [-0.4, -0.2) is 37.3 Å². The van der Waals surface area contributed by atoms with Gasteiger partial charge in [-0.2, -0.15) is 0 Å². The van der Waals surface area contributed by atoms with Crippen molar-refractivity contribution in [1.29, 1.82) is 0 Å². The zero-order valence-electron chi connectivity index (χ0n) is 12.5. The summed E-state index contributed by atoms with van der Waals surface area (Å²) in [7, 11) is 0. The van der Waals surface area contributed by atoms with E-state index in [1.807, 2.05) is 0 Å². The number of esters is 1. The van der Waals surface area contributed by atoms with Gasteiger partial charge in [0.05, 0.1) is 18.1 Å². The van der Waals surface area contributed by atoms with E-state index in [2.05, 4.69) is 5.32 Å². The van der Waals surface area contributed by atoms with E-state index in [1.54, 1.807) is 13.0 Å². The van der Waals surface area contributed by atoms with Crippen molar-refractivity contribution < 1.29 is 19.2 Å². The molecule has 1 N–H and O–H groups in total. The lowest BCUT2D eigenvalue weighted by molar-refractivity contribution is -0.385. The van der Waals surface area contributed by atoms with Gasteiger partial charge in [0.25, 0.3) is 5.69 Å². The van der Waals surface area contributed by atoms with E-state index in [-0.39, 0.29) is 17.9 Å². The maximum atomic E-state index is 11.9. The van der Waals surface area contributed by atoms with E-state index >= 15 is 0 Å². The predicted molar refractivity (Wildman–Crippen MR) is 81.1 cm³/mol. The molecule has 7 nitrogen and oxygen atoms in total. The van der Waals surface area contributed by atoms with Gasteiger partial charge in [-0.1, -0.05) is 0 Å². The Morgan fingerprint density at radius 3 is 3.00 bits per heavy atom. The summed E-state index contributed by atoms with van der Waals surface area (Å²) >= 11 is 0. The van der Waals surface area contributed by atoms with Crippen molar-refractivity contribution in [3.05, 3.63) is 33.9 Å². The highest BCUT2D eigenvalue weighted by Gasteiger charge is 2.22. The number of nitrogens with zero attached hydrogens (tertiary/aromatic N) is 1. The minimum Gasteiger partial charge on any atom is -0.462 e. The molecule has 1 heterocycles. The molecule has 1 atom stereocenters. The van der Waals surface area contributed by atoms with E-state index in [9.17, 15) is 14.9 Å². The summed E-state index contributed by atoms with van der Waals surface area (Å²) < 4.78 is 10.3. The number of carbonyl (C=O) groups excluding carboxylic acids is 1. The molecule has 1 saturated heterocycles. The fraction of sp³-hybridized carbons (Fsp3) is 0.533. The average molecular weight is 308 g/mol. The van der Waals surface area contributed by atoms with Crippen LogP contribution in [-0.2, 0) is 9.47 Å². The first-order chi connectivity index (χ1) is 10.6. The first-order valence-electron chi connectivity index (χ1n) is 7.39. The Hall–Kier alpha value is -2.15. The number of nitro groups is 1. The molecule has 1 aliphatic rings. The lowest BCUT2D eigenvalue weighted by Crippen LogP contribution is -2.24. The zero-order chi connectivity index (χ0) is 15.9. The van der Waals surface area contributed by atoms with Crippen LogP contribution in [0.5, 0.6) is 0 Å². The predicted octanol–water partition coefficient (Wildman–Crippen LogP) is 2.61. The van der Waals surface area contributed by atoms with Gasteiger partial charge in [-0.25, -0.2) is 4.79 Å². The summed E-state index contributed by atoms with van der Waals surface area (Å²) in [6.45, 7) is 4.06. The van der Waals surface area contributed by atoms with Gasteiger partial charge < -0.3 is 14.8 Å². The van der Waals surface area contributed by atoms with Crippen LogP contribution in [0.2, 0.25) is 0 Å². The second kappa shape index (κ2) is 7.74. The van der Waals surface area contributed by atoms with E-state index in [0.717, 1.165) is 19.4 Å². The zero-order valence-corrected chi connectivity index (χ0v) is 12.5. The number of carbonyl (C=O) groups is 1. The molecule has 1 aromatic carbocycles. The Bertz CT molecular complexity index is 541. The maximum absolute atomic E-state index is 11.9. The number of hydrogen-bond donors (Lipinski definition) is 1. The Morgan fingerprint density at radius 1 is 1.55 bits per heavy atom. The molecule has 0 bridgehead atoms. The molecule has 1 aromatic rings. The highest BCUT2D eigenvalue weighted by Crippen LogP contribution is 2.24. The number of rotatable bonds is 6. The van der Waals surface area contributed by atoms with Crippen molar-refractivity contribution in [2.75, 3.05) is 31.7 Å². The number of nitrogens with one attached hydrogen (secondary N) is 1. The fourth-order valence-corrected chi connectivity index (χ4v) is 2.41. The largest absolute Gasteiger partial charge is 0.462 e. The third kappa shape index (κ3) is 4.17. The van der Waals surface area contributed by atoms with Gasteiger partial charge in [-0.15, -0.1) is 0 Å². The van der Waals surface area contributed by atoms with Crippen molar-refractivity contribution in [2.24, 2.45) is 5.92 Å². The Balaban J connectivity index is 2.09. The van der Waals surface area contributed by atoms with Crippen LogP contribution in [0.25, 0.3) is 0 Å². The van der Waals surface area contributed by atoms with Crippen LogP contribution in [0, 0.1) is 16.0 Å². The number of nitro benzene ring substituents is 1. The summed E-state index contributed by atoms with van der Waals surface area (Å²) in [6.07, 6.45) is 2.13. The Labute approximate surface area is 128 Å². The quantitative estimate of drug-likeness (QED) is 0.493. The molecule has 0 radical (unpaired) electrons. The fourth-order valence-electron chi connectivity index (χ4n) is 2.41. The second-order valence-electron chi connectivity index (χ2n) is 5.17. The SMILES string of the molecule is CCOC(=O)c1cc(NCC2CCCOC2)ccc1[N+](=O)[O-]. The first kappa shape index (κ1) is 16.2. The summed E-state index contributed by atoms with van der Waals surface area (Å²) in [5.74, 6) is -0.270. The molecule has 22 heavy (non-hydrogen) atoms. The van der Waals surface area contributed by atoms with Crippen LogP contribution >= 0.6 is 0 Å². The molecule has 0 spiro atoms. The molecule has 120 valence electrons. The molecule has 1 aliphatic heterocycles. The van der Waals surface area contributed by atoms with Crippen molar-refractivity contribution in [3.63, 3.8) is 0 Å². The van der Waals surface area contributed by atoms with Crippen molar-refractivity contribution in [3.8, 4) is 0 Å². The van der Waals surface area contributed by atoms with Gasteiger partial charge in [-0.3, -0.25) is 10.1 Å². The van der Waals surface area contributed by atoms with Gasteiger partial charge in [0.15, 0.2) is 0 Å². The number of anilines is 1. The maximum Gasteiger partial charge on any atom is 0.345 e. The Morgan fingerprint density at radius 2 is 2.36 bits per heavy atom. The van der Waals surface area contributed by atoms with Crippen molar-refractivity contribution >= 4 is 17.3 Å². The van der Waals surface area contributed by atoms with E-state index in [1.165, 1.54) is 12.1 Å². The van der Waals surface area contributed by atoms with Crippen LogP contribution in [0.4, 0.5) is 11.4 Å². The van der Waals surface area contributed by atoms with Gasteiger partial charge >= 0.3 is 5.97 Å². The molecular weight excluding hydrogens is 288 g/mol. The Kier molecular flexibility index (Phi) is 5.71. The molecule has 0 aliphatic carbocycles. The van der Waals surface area contributed by atoms with E-state index in [4.69, 9.17) is 9.47 Å². The van der Waals surface area contributed by atoms with Crippen LogP contribution in [0.3, 0.4) is 0 Å². The van der Waals surface area contributed by atoms with E-state index < -0.39 is 10.9 Å². The highest BCUT2D eigenvalue weighted by molar-refractivity contribution is 5.95. The van der Waals surface area contributed by atoms with Gasteiger partial charge in [0.1, 0.15) is 5.56 Å². The number of ether oxygens (including phenoxy) is 2. The normalized spacial score (nSPS) is 17.8. The summed E-state index contributed by atoms with van der Waals surface area (Å²) in [4.78, 5) is 22.3. The van der Waals surface area contributed by atoms with Crippen LogP contribution in [0.15, 0.2) is 18.2 Å². The third-order valence-corrected chi connectivity index (χ3v) is 3.54. The highest BCUT2D eigenvalue weighted by atomic mass is 16.6. The third-order valence-electron chi connectivity index (χ3n) is 3.54. The summed E-state index contributed by atoms with van der Waals surface area (Å²) in [6, 6.07) is 4.40. The standard InChI is InChI=1S/C15H20N2O5/c1-2-22-15(18)13-8-12(5-6-14(13)17(19)20)16-9-11-4-3-7-21-10-11/h5-6,8,11,16H,2-4,7,9-10H2,1H3. The van der Waals surface area contributed by atoms with Gasteiger partial charge in [-0.05, 0) is 37.8 Å². The molecule has 0 amide bonds. The molecule has 2 rings (SSSR count). The lowest BCUT2D eigenvalue weighted by Gasteiger charge is -2.22. The molecular formula is C15H20N2O5. The van der Waals surface area contributed by atoms with Gasteiger partial charge in [0.2, 0.25) is 0 Å². The lowest BCUT2D eigenvalue weighted by atomic mass is 10.0. The molecule has 1 unspecified atom stereocenters. The molecule has 7 heteroatoms.